The van der Waals surface area contributed by atoms with Gasteiger partial charge in [0.15, 0.2) is 6.10 Å². The molecule has 0 fully saturated rings. The fourth-order valence-corrected chi connectivity index (χ4v) is 3.20. The standard InChI is InChI=1S/C21H23NO3/c1-21(2,3)25-19(20(23)24)18-17(14-10-6-5-7-11-14)15-12-8-9-13-16(15)22(18)4/h5-13,19H,1-4H3,(H,23,24). The third-order valence-corrected chi connectivity index (χ3v) is 4.16. The molecule has 1 heterocycles. The highest BCUT2D eigenvalue weighted by Gasteiger charge is 2.33. The molecule has 0 saturated carbocycles. The third kappa shape index (κ3) is 3.30. The number of carboxylic acids is 1. The van der Waals surface area contributed by atoms with Crippen LogP contribution in [0.5, 0.6) is 0 Å². The average Bonchev–Trinajstić information content (AvgIpc) is 2.85. The number of aromatic nitrogens is 1. The molecule has 0 saturated heterocycles. The highest BCUT2D eigenvalue weighted by molar-refractivity contribution is 5.99. The van der Waals surface area contributed by atoms with Crippen molar-refractivity contribution in [3.8, 4) is 11.1 Å². The van der Waals surface area contributed by atoms with E-state index >= 15 is 0 Å². The quantitative estimate of drug-likeness (QED) is 0.745. The molecule has 3 rings (SSSR count). The minimum atomic E-state index is -1.05. The lowest BCUT2D eigenvalue weighted by Gasteiger charge is -2.26. The van der Waals surface area contributed by atoms with Crippen LogP contribution in [0.2, 0.25) is 0 Å². The number of hydrogen-bond donors (Lipinski definition) is 1. The highest BCUT2D eigenvalue weighted by atomic mass is 16.5. The van der Waals surface area contributed by atoms with Crippen molar-refractivity contribution >= 4 is 16.9 Å². The molecule has 0 aliphatic rings. The zero-order valence-corrected chi connectivity index (χ0v) is 15.0. The van der Waals surface area contributed by atoms with Gasteiger partial charge in [0.2, 0.25) is 0 Å². The Morgan fingerprint density at radius 1 is 1.04 bits per heavy atom. The second-order valence-corrected chi connectivity index (χ2v) is 7.15. The van der Waals surface area contributed by atoms with Gasteiger partial charge in [-0.15, -0.1) is 0 Å². The summed E-state index contributed by atoms with van der Waals surface area (Å²) in [5, 5.41) is 10.9. The number of para-hydroxylation sites is 1. The van der Waals surface area contributed by atoms with Crippen LogP contribution < -0.4 is 0 Å². The van der Waals surface area contributed by atoms with E-state index in [1.54, 1.807) is 0 Å². The fourth-order valence-electron chi connectivity index (χ4n) is 3.20. The van der Waals surface area contributed by atoms with Crippen molar-refractivity contribution in [1.29, 1.82) is 0 Å². The zero-order chi connectivity index (χ0) is 18.2. The Morgan fingerprint density at radius 3 is 2.24 bits per heavy atom. The number of benzene rings is 2. The van der Waals surface area contributed by atoms with Crippen molar-refractivity contribution < 1.29 is 14.6 Å². The molecule has 0 radical (unpaired) electrons. The predicted molar refractivity (Wildman–Crippen MR) is 99.6 cm³/mol. The summed E-state index contributed by atoms with van der Waals surface area (Å²) in [4.78, 5) is 12.1. The minimum Gasteiger partial charge on any atom is -0.479 e. The Balaban J connectivity index is 2.33. The van der Waals surface area contributed by atoms with Crippen LogP contribution in [0.1, 0.15) is 32.6 Å². The molecule has 4 nitrogen and oxygen atoms in total. The van der Waals surface area contributed by atoms with E-state index in [1.165, 1.54) is 0 Å². The number of nitrogens with zero attached hydrogens (tertiary/aromatic N) is 1. The van der Waals surface area contributed by atoms with Gasteiger partial charge in [0.05, 0.1) is 11.3 Å². The van der Waals surface area contributed by atoms with Crippen LogP contribution in [0, 0.1) is 0 Å². The Kier molecular flexibility index (Phi) is 4.39. The van der Waals surface area contributed by atoms with Gasteiger partial charge in [-0.2, -0.15) is 0 Å². The second kappa shape index (κ2) is 6.37. The van der Waals surface area contributed by atoms with Crippen molar-refractivity contribution in [1.82, 2.24) is 4.57 Å². The number of ether oxygens (including phenoxy) is 1. The third-order valence-electron chi connectivity index (χ3n) is 4.16. The van der Waals surface area contributed by atoms with Crippen LogP contribution in [0.25, 0.3) is 22.0 Å². The van der Waals surface area contributed by atoms with Gasteiger partial charge < -0.3 is 14.4 Å². The largest absolute Gasteiger partial charge is 0.479 e. The summed E-state index contributed by atoms with van der Waals surface area (Å²) in [7, 11) is 1.89. The summed E-state index contributed by atoms with van der Waals surface area (Å²) >= 11 is 0. The molecule has 1 atom stereocenters. The van der Waals surface area contributed by atoms with Crippen molar-refractivity contribution in [2.75, 3.05) is 0 Å². The van der Waals surface area contributed by atoms with Crippen molar-refractivity contribution in [3.63, 3.8) is 0 Å². The maximum atomic E-state index is 12.1. The maximum absolute atomic E-state index is 12.1. The van der Waals surface area contributed by atoms with E-state index in [2.05, 4.69) is 0 Å². The molecule has 0 aliphatic carbocycles. The van der Waals surface area contributed by atoms with E-state index < -0.39 is 17.7 Å². The van der Waals surface area contributed by atoms with E-state index in [0.29, 0.717) is 5.69 Å². The Morgan fingerprint density at radius 2 is 1.64 bits per heavy atom. The van der Waals surface area contributed by atoms with Crippen molar-refractivity contribution in [2.45, 2.75) is 32.5 Å². The molecule has 4 heteroatoms. The Labute approximate surface area is 147 Å². The predicted octanol–water partition coefficient (Wildman–Crippen LogP) is 4.79. The molecule has 25 heavy (non-hydrogen) atoms. The van der Waals surface area contributed by atoms with Gasteiger partial charge in [-0.05, 0) is 32.4 Å². The number of fused-ring (bicyclic) bond motifs is 1. The number of aryl methyl sites for hydroxylation is 1. The molecule has 0 spiro atoms. The Hall–Kier alpha value is -2.59. The first-order valence-electron chi connectivity index (χ1n) is 8.33. The average molecular weight is 337 g/mol. The number of aliphatic carboxylic acids is 1. The zero-order valence-electron chi connectivity index (χ0n) is 15.0. The Bertz CT molecular complexity index is 904. The van der Waals surface area contributed by atoms with E-state index in [9.17, 15) is 9.90 Å². The summed E-state index contributed by atoms with van der Waals surface area (Å²) in [6, 6.07) is 17.8. The number of carboxylic acid groups (broad SMARTS) is 1. The van der Waals surface area contributed by atoms with Crippen molar-refractivity contribution in [3.05, 3.63) is 60.3 Å². The van der Waals surface area contributed by atoms with Crippen LogP contribution in [0.4, 0.5) is 0 Å². The molecule has 1 N–H and O–H groups in total. The lowest BCUT2D eigenvalue weighted by Crippen LogP contribution is -2.28. The highest BCUT2D eigenvalue weighted by Crippen LogP contribution is 2.39. The van der Waals surface area contributed by atoms with Gasteiger partial charge in [-0.25, -0.2) is 4.79 Å². The van der Waals surface area contributed by atoms with E-state index in [1.807, 2.05) is 87.0 Å². The molecule has 0 amide bonds. The normalized spacial score (nSPS) is 13.1. The van der Waals surface area contributed by atoms with E-state index in [-0.39, 0.29) is 0 Å². The van der Waals surface area contributed by atoms with Crippen LogP contribution in [0.3, 0.4) is 0 Å². The summed E-state index contributed by atoms with van der Waals surface area (Å²) < 4.78 is 7.87. The number of rotatable bonds is 4. The first-order valence-corrected chi connectivity index (χ1v) is 8.33. The molecule has 0 bridgehead atoms. The molecule has 130 valence electrons. The van der Waals surface area contributed by atoms with Gasteiger partial charge in [-0.3, -0.25) is 0 Å². The van der Waals surface area contributed by atoms with Gasteiger partial charge in [0.1, 0.15) is 0 Å². The summed E-state index contributed by atoms with van der Waals surface area (Å²) in [6.45, 7) is 5.61. The lowest BCUT2D eigenvalue weighted by atomic mass is 9.99. The summed E-state index contributed by atoms with van der Waals surface area (Å²) in [6.07, 6.45) is -1.05. The molecule has 3 aromatic rings. The molecule has 0 aliphatic heterocycles. The molecule has 1 unspecified atom stereocenters. The van der Waals surface area contributed by atoms with E-state index in [0.717, 1.165) is 22.0 Å². The summed E-state index contributed by atoms with van der Waals surface area (Å²) in [5.41, 5.74) is 2.97. The van der Waals surface area contributed by atoms with E-state index in [4.69, 9.17) is 4.74 Å². The molecular formula is C21H23NO3. The van der Waals surface area contributed by atoms with Gasteiger partial charge in [0.25, 0.3) is 0 Å². The van der Waals surface area contributed by atoms with Crippen LogP contribution in [0.15, 0.2) is 54.6 Å². The summed E-state index contributed by atoms with van der Waals surface area (Å²) in [5.74, 6) is -0.988. The maximum Gasteiger partial charge on any atom is 0.339 e. The van der Waals surface area contributed by atoms with Crippen LogP contribution in [-0.2, 0) is 16.6 Å². The smallest absolute Gasteiger partial charge is 0.339 e. The minimum absolute atomic E-state index is 0.576. The molecular weight excluding hydrogens is 314 g/mol. The second-order valence-electron chi connectivity index (χ2n) is 7.15. The van der Waals surface area contributed by atoms with Gasteiger partial charge in [0, 0.05) is 23.5 Å². The number of hydrogen-bond acceptors (Lipinski definition) is 2. The lowest BCUT2D eigenvalue weighted by molar-refractivity contribution is -0.161. The fraction of sp³-hybridized carbons (Fsp3) is 0.286. The first-order chi connectivity index (χ1) is 11.8. The monoisotopic (exact) mass is 337 g/mol. The van der Waals surface area contributed by atoms with Gasteiger partial charge >= 0.3 is 5.97 Å². The molecule has 1 aromatic heterocycles. The SMILES string of the molecule is Cn1c(C(OC(C)(C)C)C(=O)O)c(-c2ccccc2)c2ccccc21. The topological polar surface area (TPSA) is 51.5 Å². The van der Waals surface area contributed by atoms with Gasteiger partial charge in [-0.1, -0.05) is 48.5 Å². The first kappa shape index (κ1) is 17.2. The van der Waals surface area contributed by atoms with Crippen molar-refractivity contribution in [2.24, 2.45) is 7.05 Å². The van der Waals surface area contributed by atoms with Crippen LogP contribution >= 0.6 is 0 Å². The van der Waals surface area contributed by atoms with Crippen LogP contribution in [-0.4, -0.2) is 21.2 Å². The molecule has 2 aromatic carbocycles. The number of carbonyl (C=O) groups is 1.